The summed E-state index contributed by atoms with van der Waals surface area (Å²) in [4.78, 5) is 25.5. The summed E-state index contributed by atoms with van der Waals surface area (Å²) >= 11 is 1.44. The first-order valence-corrected chi connectivity index (χ1v) is 7.52. The van der Waals surface area contributed by atoms with Crippen LogP contribution in [-0.2, 0) is 17.6 Å². The van der Waals surface area contributed by atoms with E-state index in [9.17, 15) is 14.0 Å². The molecule has 0 saturated carbocycles. The molecule has 1 aliphatic rings. The van der Waals surface area contributed by atoms with Gasteiger partial charge in [0.1, 0.15) is 10.7 Å². The van der Waals surface area contributed by atoms with Gasteiger partial charge in [-0.2, -0.15) is 0 Å². The molecule has 0 aliphatic heterocycles. The molecule has 108 valence electrons. The molecule has 0 unspecified atom stereocenters. The van der Waals surface area contributed by atoms with Crippen molar-refractivity contribution in [2.75, 3.05) is 6.61 Å². The van der Waals surface area contributed by atoms with Gasteiger partial charge in [-0.15, -0.1) is 11.3 Å². The summed E-state index contributed by atoms with van der Waals surface area (Å²) < 4.78 is 17.8. The molecule has 0 bridgehead atoms. The number of ketones is 1. The number of carbonyl (C=O) groups is 2. The number of fused-ring (bicyclic) bond motifs is 1. The lowest BCUT2D eigenvalue weighted by molar-refractivity contribution is 0.0479. The second-order valence-corrected chi connectivity index (χ2v) is 6.06. The monoisotopic (exact) mass is 304 g/mol. The van der Waals surface area contributed by atoms with Crippen molar-refractivity contribution in [1.29, 1.82) is 0 Å². The quantitative estimate of drug-likeness (QED) is 0.642. The minimum atomic E-state index is -0.468. The molecule has 0 spiro atoms. The molecule has 1 aliphatic carbocycles. The predicted octanol–water partition coefficient (Wildman–Crippen LogP) is 3.42. The summed E-state index contributed by atoms with van der Waals surface area (Å²) in [6.07, 6.45) is 3.16. The first-order chi connectivity index (χ1) is 10.1. The van der Waals surface area contributed by atoms with Gasteiger partial charge < -0.3 is 4.74 Å². The van der Waals surface area contributed by atoms with Gasteiger partial charge in [0.2, 0.25) is 0 Å². The van der Waals surface area contributed by atoms with Crippen LogP contribution in [0.25, 0.3) is 0 Å². The largest absolute Gasteiger partial charge is 0.453 e. The van der Waals surface area contributed by atoms with Gasteiger partial charge in [0.05, 0.1) is 0 Å². The number of thiophene rings is 1. The van der Waals surface area contributed by atoms with E-state index in [1.807, 2.05) is 6.07 Å². The van der Waals surface area contributed by atoms with Crippen molar-refractivity contribution >= 4 is 23.1 Å². The van der Waals surface area contributed by atoms with Crippen LogP contribution >= 0.6 is 11.3 Å². The van der Waals surface area contributed by atoms with Crippen molar-refractivity contribution < 1.29 is 18.7 Å². The smallest absolute Gasteiger partial charge is 0.348 e. The van der Waals surface area contributed by atoms with Gasteiger partial charge in [0.25, 0.3) is 0 Å². The number of esters is 1. The van der Waals surface area contributed by atoms with Crippen molar-refractivity contribution in [2.24, 2.45) is 0 Å². The molecule has 0 saturated heterocycles. The van der Waals surface area contributed by atoms with E-state index in [0.717, 1.165) is 19.3 Å². The summed E-state index contributed by atoms with van der Waals surface area (Å²) in [6.45, 7) is -0.326. The molecule has 2 aromatic rings. The number of hydrogen-bond donors (Lipinski definition) is 0. The van der Waals surface area contributed by atoms with Gasteiger partial charge in [-0.05, 0) is 55.2 Å². The predicted molar refractivity (Wildman–Crippen MR) is 77.4 cm³/mol. The average molecular weight is 304 g/mol. The van der Waals surface area contributed by atoms with Crippen LogP contribution in [0, 0.1) is 5.82 Å². The van der Waals surface area contributed by atoms with Crippen molar-refractivity contribution in [3.05, 3.63) is 57.0 Å². The summed E-state index contributed by atoms with van der Waals surface area (Å²) in [6, 6.07) is 7.03. The first-order valence-electron chi connectivity index (χ1n) is 6.71. The highest BCUT2D eigenvalue weighted by molar-refractivity contribution is 7.14. The third-order valence-corrected chi connectivity index (χ3v) is 4.67. The van der Waals surface area contributed by atoms with Crippen LogP contribution in [0.3, 0.4) is 0 Å². The number of hydrogen-bond acceptors (Lipinski definition) is 4. The van der Waals surface area contributed by atoms with E-state index < -0.39 is 11.8 Å². The highest BCUT2D eigenvalue weighted by atomic mass is 32.1. The number of Topliss-reactive ketones (excluding diaryl/α,β-unsaturated/α-hetero) is 1. The molecule has 1 aromatic carbocycles. The van der Waals surface area contributed by atoms with Crippen molar-refractivity contribution in [1.82, 2.24) is 0 Å². The zero-order valence-corrected chi connectivity index (χ0v) is 12.0. The summed E-state index contributed by atoms with van der Waals surface area (Å²) in [5.41, 5.74) is 1.55. The fourth-order valence-electron chi connectivity index (χ4n) is 2.35. The van der Waals surface area contributed by atoms with Crippen LogP contribution in [-0.4, -0.2) is 18.4 Å². The Morgan fingerprint density at radius 2 is 1.95 bits per heavy atom. The van der Waals surface area contributed by atoms with Crippen LogP contribution in [0.2, 0.25) is 0 Å². The van der Waals surface area contributed by atoms with Crippen LogP contribution in [0.4, 0.5) is 4.39 Å². The lowest BCUT2D eigenvalue weighted by Gasteiger charge is -2.03. The Bertz CT molecular complexity index is 667. The van der Waals surface area contributed by atoms with Crippen molar-refractivity contribution in [3.63, 3.8) is 0 Å². The summed E-state index contributed by atoms with van der Waals surface area (Å²) in [5, 5.41) is 0. The normalized spacial score (nSPS) is 13.0. The number of rotatable bonds is 4. The topological polar surface area (TPSA) is 43.4 Å². The maximum absolute atomic E-state index is 12.8. The Morgan fingerprint density at radius 1 is 1.19 bits per heavy atom. The fourth-order valence-corrected chi connectivity index (χ4v) is 3.50. The lowest BCUT2D eigenvalue weighted by atomic mass is 10.1. The lowest BCUT2D eigenvalue weighted by Crippen LogP contribution is -2.13. The zero-order chi connectivity index (χ0) is 14.8. The third kappa shape index (κ3) is 3.03. The third-order valence-electron chi connectivity index (χ3n) is 3.45. The van der Waals surface area contributed by atoms with E-state index in [1.165, 1.54) is 46.0 Å². The molecule has 3 rings (SSSR count). The SMILES string of the molecule is O=C(COC(=O)c1cc2c(s1)CCC2)c1ccc(F)cc1. The van der Waals surface area contributed by atoms with E-state index in [4.69, 9.17) is 4.74 Å². The van der Waals surface area contributed by atoms with Gasteiger partial charge in [-0.25, -0.2) is 9.18 Å². The fraction of sp³-hybridized carbons (Fsp3) is 0.250. The van der Waals surface area contributed by atoms with Crippen LogP contribution < -0.4 is 0 Å². The van der Waals surface area contributed by atoms with E-state index in [0.29, 0.717) is 10.4 Å². The average Bonchev–Trinajstić information content (AvgIpc) is 3.06. The van der Waals surface area contributed by atoms with Crippen LogP contribution in [0.5, 0.6) is 0 Å². The van der Waals surface area contributed by atoms with Gasteiger partial charge >= 0.3 is 5.97 Å². The zero-order valence-electron chi connectivity index (χ0n) is 11.2. The molecular weight excluding hydrogens is 291 g/mol. The maximum Gasteiger partial charge on any atom is 0.348 e. The maximum atomic E-state index is 12.8. The van der Waals surface area contributed by atoms with E-state index in [-0.39, 0.29) is 12.4 Å². The number of halogens is 1. The Labute approximate surface area is 125 Å². The Hall–Kier alpha value is -2.01. The number of aryl methyl sites for hydroxylation is 2. The Morgan fingerprint density at radius 3 is 2.67 bits per heavy atom. The molecule has 3 nitrogen and oxygen atoms in total. The van der Waals surface area contributed by atoms with Gasteiger partial charge in [-0.3, -0.25) is 4.79 Å². The summed E-state index contributed by atoms with van der Waals surface area (Å²) in [7, 11) is 0. The standard InChI is InChI=1S/C16H13FO3S/c17-12-6-4-10(5-7-12)13(18)9-20-16(19)15-8-11-2-1-3-14(11)21-15/h4-8H,1-3,9H2. The second-order valence-electron chi connectivity index (χ2n) is 4.92. The molecule has 1 heterocycles. The van der Waals surface area contributed by atoms with E-state index in [2.05, 4.69) is 0 Å². The molecule has 5 heteroatoms. The molecule has 21 heavy (non-hydrogen) atoms. The number of carbonyl (C=O) groups excluding carboxylic acids is 2. The summed E-state index contributed by atoms with van der Waals surface area (Å²) in [5.74, 6) is -1.21. The molecule has 0 fully saturated rings. The van der Waals surface area contributed by atoms with Crippen molar-refractivity contribution in [2.45, 2.75) is 19.3 Å². The molecule has 1 aromatic heterocycles. The van der Waals surface area contributed by atoms with Gasteiger partial charge in [0.15, 0.2) is 12.4 Å². The molecular formula is C16H13FO3S. The molecule has 0 N–H and O–H groups in total. The van der Waals surface area contributed by atoms with E-state index >= 15 is 0 Å². The molecule has 0 amide bonds. The van der Waals surface area contributed by atoms with Gasteiger partial charge in [0, 0.05) is 10.4 Å². The Kier molecular flexibility index (Phi) is 3.84. The highest BCUT2D eigenvalue weighted by Crippen LogP contribution is 2.30. The highest BCUT2D eigenvalue weighted by Gasteiger charge is 2.20. The second kappa shape index (κ2) is 5.77. The number of benzene rings is 1. The van der Waals surface area contributed by atoms with Crippen LogP contribution in [0.15, 0.2) is 30.3 Å². The number of ether oxygens (including phenoxy) is 1. The molecule has 0 radical (unpaired) electrons. The minimum Gasteiger partial charge on any atom is -0.453 e. The van der Waals surface area contributed by atoms with E-state index in [1.54, 1.807) is 0 Å². The van der Waals surface area contributed by atoms with Gasteiger partial charge in [-0.1, -0.05) is 0 Å². The first kappa shape index (κ1) is 13.9. The minimum absolute atomic E-state index is 0.326. The molecule has 0 atom stereocenters. The van der Waals surface area contributed by atoms with Crippen molar-refractivity contribution in [3.8, 4) is 0 Å². The Balaban J connectivity index is 1.60. The van der Waals surface area contributed by atoms with Crippen LogP contribution in [0.1, 0.15) is 36.9 Å².